The van der Waals surface area contributed by atoms with Gasteiger partial charge >= 0.3 is 0 Å². The van der Waals surface area contributed by atoms with Crippen molar-refractivity contribution in [3.8, 4) is 17.1 Å². The van der Waals surface area contributed by atoms with Crippen molar-refractivity contribution in [2.45, 2.75) is 18.6 Å². The van der Waals surface area contributed by atoms with Crippen LogP contribution in [0.2, 0.25) is 0 Å². The van der Waals surface area contributed by atoms with E-state index in [1.807, 2.05) is 31.2 Å². The predicted molar refractivity (Wildman–Crippen MR) is 98.1 cm³/mol. The van der Waals surface area contributed by atoms with Crippen LogP contribution in [0, 0.1) is 0 Å². The molecular weight excluding hydrogens is 354 g/mol. The van der Waals surface area contributed by atoms with Gasteiger partial charge in [-0.1, -0.05) is 11.8 Å². The van der Waals surface area contributed by atoms with E-state index in [0.717, 1.165) is 11.3 Å². The van der Waals surface area contributed by atoms with Gasteiger partial charge in [-0.3, -0.25) is 4.79 Å². The first-order valence-corrected chi connectivity index (χ1v) is 9.01. The maximum atomic E-state index is 11.9. The first-order valence-electron chi connectivity index (χ1n) is 8.03. The first kappa shape index (κ1) is 17.9. The number of thioether (sulfide) groups is 1. The first-order chi connectivity index (χ1) is 12.7. The summed E-state index contributed by atoms with van der Waals surface area (Å²) >= 11 is 1.22. The van der Waals surface area contributed by atoms with Crippen LogP contribution in [0.5, 0.6) is 5.75 Å². The summed E-state index contributed by atoms with van der Waals surface area (Å²) in [7, 11) is 0. The van der Waals surface area contributed by atoms with Gasteiger partial charge in [0, 0.05) is 5.56 Å². The summed E-state index contributed by atoms with van der Waals surface area (Å²) in [6, 6.07) is 11.0. The van der Waals surface area contributed by atoms with Gasteiger partial charge < -0.3 is 20.3 Å². The SMILES string of the molecule is CCOc1ccc(-c2nnc(SCC(=O)NCc3ccco3)n2N)cc1. The molecule has 0 unspecified atom stereocenters. The lowest BCUT2D eigenvalue weighted by molar-refractivity contribution is -0.118. The van der Waals surface area contributed by atoms with E-state index in [0.29, 0.717) is 29.9 Å². The Morgan fingerprint density at radius 2 is 2.12 bits per heavy atom. The van der Waals surface area contributed by atoms with Crippen LogP contribution in [0.25, 0.3) is 11.4 Å². The van der Waals surface area contributed by atoms with Crippen molar-refractivity contribution in [2.24, 2.45) is 0 Å². The van der Waals surface area contributed by atoms with Gasteiger partial charge in [-0.25, -0.2) is 4.68 Å². The van der Waals surface area contributed by atoms with E-state index in [2.05, 4.69) is 15.5 Å². The van der Waals surface area contributed by atoms with Crippen LogP contribution in [0.15, 0.2) is 52.2 Å². The van der Waals surface area contributed by atoms with Gasteiger partial charge in [0.25, 0.3) is 0 Å². The number of nitrogens with two attached hydrogens (primary N) is 1. The Hall–Kier alpha value is -2.94. The summed E-state index contributed by atoms with van der Waals surface area (Å²) in [4.78, 5) is 11.9. The number of nitrogen functional groups attached to an aromatic ring is 1. The number of rotatable bonds is 8. The fraction of sp³-hybridized carbons (Fsp3) is 0.235. The molecule has 1 amide bonds. The summed E-state index contributed by atoms with van der Waals surface area (Å²) in [5.74, 6) is 8.10. The van der Waals surface area contributed by atoms with E-state index >= 15 is 0 Å². The van der Waals surface area contributed by atoms with Crippen LogP contribution in [0.4, 0.5) is 0 Å². The fourth-order valence-electron chi connectivity index (χ4n) is 2.22. The third-order valence-corrected chi connectivity index (χ3v) is 4.40. The summed E-state index contributed by atoms with van der Waals surface area (Å²) in [6.45, 7) is 2.88. The molecule has 136 valence electrons. The number of ether oxygens (including phenoxy) is 1. The lowest BCUT2D eigenvalue weighted by Gasteiger charge is -2.06. The van der Waals surface area contributed by atoms with Gasteiger partial charge in [0.15, 0.2) is 5.82 Å². The van der Waals surface area contributed by atoms with E-state index < -0.39 is 0 Å². The van der Waals surface area contributed by atoms with Crippen LogP contribution in [0.3, 0.4) is 0 Å². The number of nitrogens with one attached hydrogen (secondary N) is 1. The number of furan rings is 1. The lowest BCUT2D eigenvalue weighted by Crippen LogP contribution is -2.24. The largest absolute Gasteiger partial charge is 0.494 e. The number of hydrogen-bond donors (Lipinski definition) is 2. The Kier molecular flexibility index (Phi) is 5.80. The summed E-state index contributed by atoms with van der Waals surface area (Å²) in [5, 5.41) is 11.4. The third-order valence-electron chi connectivity index (χ3n) is 3.46. The van der Waals surface area contributed by atoms with Crippen LogP contribution < -0.4 is 15.9 Å². The van der Waals surface area contributed by atoms with Gasteiger partial charge in [-0.05, 0) is 43.3 Å². The molecule has 0 saturated heterocycles. The minimum Gasteiger partial charge on any atom is -0.494 e. The van der Waals surface area contributed by atoms with Gasteiger partial charge in [-0.2, -0.15) is 0 Å². The molecule has 0 bridgehead atoms. The number of carbonyl (C=O) groups is 1. The van der Waals surface area contributed by atoms with Crippen molar-refractivity contribution in [3.05, 3.63) is 48.4 Å². The Balaban J connectivity index is 1.57. The molecule has 0 aliphatic rings. The molecule has 26 heavy (non-hydrogen) atoms. The number of amides is 1. The summed E-state index contributed by atoms with van der Waals surface area (Å²) in [5.41, 5.74) is 0.817. The van der Waals surface area contributed by atoms with E-state index in [-0.39, 0.29) is 11.7 Å². The Morgan fingerprint density at radius 1 is 1.31 bits per heavy atom. The Morgan fingerprint density at radius 3 is 2.81 bits per heavy atom. The minimum absolute atomic E-state index is 0.142. The molecule has 1 aromatic carbocycles. The highest BCUT2D eigenvalue weighted by Crippen LogP contribution is 2.23. The molecule has 3 rings (SSSR count). The zero-order valence-corrected chi connectivity index (χ0v) is 15.0. The maximum Gasteiger partial charge on any atom is 0.230 e. The molecular formula is C17H19N5O3S. The lowest BCUT2D eigenvalue weighted by atomic mass is 10.2. The molecule has 3 N–H and O–H groups in total. The molecule has 0 saturated carbocycles. The van der Waals surface area contributed by atoms with Crippen LogP contribution >= 0.6 is 11.8 Å². The predicted octanol–water partition coefficient (Wildman–Crippen LogP) is 2.06. The molecule has 0 spiro atoms. The second-order valence-corrected chi connectivity index (χ2v) is 6.22. The average molecular weight is 373 g/mol. The number of nitrogens with zero attached hydrogens (tertiary/aromatic N) is 3. The molecule has 3 aromatic rings. The van der Waals surface area contributed by atoms with Gasteiger partial charge in [0.05, 0.1) is 25.2 Å². The molecule has 0 atom stereocenters. The Labute approximate surface area is 154 Å². The average Bonchev–Trinajstić information content (AvgIpc) is 3.29. The standard InChI is InChI=1S/C17H19N5O3S/c1-2-24-13-7-5-12(6-8-13)16-20-21-17(22(16)18)26-11-15(23)19-10-14-4-3-9-25-14/h3-9H,2,10-11,18H2,1H3,(H,19,23). The minimum atomic E-state index is -0.142. The highest BCUT2D eigenvalue weighted by molar-refractivity contribution is 7.99. The number of benzene rings is 1. The van der Waals surface area contributed by atoms with Crippen molar-refractivity contribution < 1.29 is 13.9 Å². The van der Waals surface area contributed by atoms with Gasteiger partial charge in [-0.15, -0.1) is 10.2 Å². The molecule has 9 heteroatoms. The van der Waals surface area contributed by atoms with Crippen molar-refractivity contribution in [1.82, 2.24) is 20.2 Å². The molecule has 2 heterocycles. The fourth-order valence-corrected chi connectivity index (χ4v) is 2.91. The van der Waals surface area contributed by atoms with E-state index in [4.69, 9.17) is 15.0 Å². The molecule has 0 aliphatic carbocycles. The van der Waals surface area contributed by atoms with E-state index in [1.54, 1.807) is 18.4 Å². The monoisotopic (exact) mass is 373 g/mol. The normalized spacial score (nSPS) is 10.7. The number of aromatic nitrogens is 3. The molecule has 0 radical (unpaired) electrons. The smallest absolute Gasteiger partial charge is 0.230 e. The highest BCUT2D eigenvalue weighted by Gasteiger charge is 2.14. The topological polar surface area (TPSA) is 108 Å². The van der Waals surface area contributed by atoms with Crippen molar-refractivity contribution >= 4 is 17.7 Å². The van der Waals surface area contributed by atoms with Crippen LogP contribution in [-0.2, 0) is 11.3 Å². The van der Waals surface area contributed by atoms with Crippen molar-refractivity contribution in [3.63, 3.8) is 0 Å². The molecule has 0 fully saturated rings. The van der Waals surface area contributed by atoms with Gasteiger partial charge in [0.2, 0.25) is 11.1 Å². The zero-order chi connectivity index (χ0) is 18.4. The summed E-state index contributed by atoms with van der Waals surface area (Å²) in [6.07, 6.45) is 1.57. The van der Waals surface area contributed by atoms with E-state index in [9.17, 15) is 4.79 Å². The quantitative estimate of drug-likeness (QED) is 0.459. The zero-order valence-electron chi connectivity index (χ0n) is 14.2. The third kappa shape index (κ3) is 4.37. The second kappa shape index (κ2) is 8.43. The molecule has 2 aromatic heterocycles. The second-order valence-electron chi connectivity index (χ2n) is 5.28. The van der Waals surface area contributed by atoms with Crippen LogP contribution in [-0.4, -0.2) is 33.1 Å². The Bertz CT molecular complexity index is 846. The van der Waals surface area contributed by atoms with Crippen molar-refractivity contribution in [2.75, 3.05) is 18.2 Å². The number of hydrogen-bond acceptors (Lipinski definition) is 7. The van der Waals surface area contributed by atoms with Gasteiger partial charge in [0.1, 0.15) is 11.5 Å². The highest BCUT2D eigenvalue weighted by atomic mass is 32.2. The van der Waals surface area contributed by atoms with Crippen molar-refractivity contribution in [1.29, 1.82) is 0 Å². The molecule has 0 aliphatic heterocycles. The van der Waals surface area contributed by atoms with Crippen LogP contribution in [0.1, 0.15) is 12.7 Å². The molecule has 8 nitrogen and oxygen atoms in total. The summed E-state index contributed by atoms with van der Waals surface area (Å²) < 4.78 is 12.0. The van der Waals surface area contributed by atoms with E-state index in [1.165, 1.54) is 16.4 Å². The number of carbonyl (C=O) groups excluding carboxylic acids is 1. The maximum absolute atomic E-state index is 11.9.